The van der Waals surface area contributed by atoms with Crippen LogP contribution in [0.5, 0.6) is 0 Å². The number of rotatable bonds is 2. The SMILES string of the molecule is CC1(C2CC2)NC(=O)CN(c2c(F)cccc2F)C1=O. The van der Waals surface area contributed by atoms with E-state index < -0.39 is 34.7 Å². The average Bonchev–Trinajstić information content (AvgIpc) is 3.19. The number of halogens is 2. The van der Waals surface area contributed by atoms with Gasteiger partial charge in [0.2, 0.25) is 5.91 Å². The molecule has 1 aromatic rings. The van der Waals surface area contributed by atoms with Gasteiger partial charge in [-0.3, -0.25) is 14.5 Å². The summed E-state index contributed by atoms with van der Waals surface area (Å²) in [5.74, 6) is -2.50. The van der Waals surface area contributed by atoms with Gasteiger partial charge in [-0.25, -0.2) is 8.78 Å². The first-order valence-electron chi connectivity index (χ1n) is 6.50. The number of hydrogen-bond acceptors (Lipinski definition) is 2. The smallest absolute Gasteiger partial charge is 0.253 e. The molecule has 1 unspecified atom stereocenters. The lowest BCUT2D eigenvalue weighted by atomic mass is 9.91. The highest BCUT2D eigenvalue weighted by molar-refractivity contribution is 6.09. The number of nitrogens with zero attached hydrogens (tertiary/aromatic N) is 1. The lowest BCUT2D eigenvalue weighted by Crippen LogP contribution is -2.66. The van der Waals surface area contributed by atoms with E-state index in [1.807, 2.05) is 0 Å². The summed E-state index contributed by atoms with van der Waals surface area (Å²) in [7, 11) is 0. The molecule has 0 aromatic heterocycles. The molecule has 1 aliphatic heterocycles. The van der Waals surface area contributed by atoms with Gasteiger partial charge in [0.15, 0.2) is 0 Å². The summed E-state index contributed by atoms with van der Waals surface area (Å²) in [5, 5.41) is 2.67. The summed E-state index contributed by atoms with van der Waals surface area (Å²) in [6.45, 7) is 1.26. The van der Waals surface area contributed by atoms with E-state index in [0.29, 0.717) is 0 Å². The van der Waals surface area contributed by atoms with Gasteiger partial charge in [-0.15, -0.1) is 0 Å². The number of anilines is 1. The standard InChI is InChI=1S/C14H14F2N2O2/c1-14(8-5-6-8)13(20)18(7-11(19)17-14)12-9(15)3-2-4-10(12)16/h2-4,8H,5-7H2,1H3,(H,17,19). The predicted octanol–water partition coefficient (Wildman–Crippen LogP) is 1.60. The molecule has 6 heteroatoms. The van der Waals surface area contributed by atoms with Crippen LogP contribution >= 0.6 is 0 Å². The average molecular weight is 280 g/mol. The molecular weight excluding hydrogens is 266 g/mol. The van der Waals surface area contributed by atoms with Crippen molar-refractivity contribution in [2.45, 2.75) is 25.3 Å². The third kappa shape index (κ3) is 1.87. The third-order valence-electron chi connectivity index (χ3n) is 3.99. The van der Waals surface area contributed by atoms with E-state index in [0.717, 1.165) is 29.9 Å². The summed E-state index contributed by atoms with van der Waals surface area (Å²) < 4.78 is 27.7. The molecule has 1 N–H and O–H groups in total. The van der Waals surface area contributed by atoms with Crippen molar-refractivity contribution in [3.63, 3.8) is 0 Å². The molecule has 1 saturated carbocycles. The van der Waals surface area contributed by atoms with E-state index in [4.69, 9.17) is 0 Å². The number of para-hydroxylation sites is 1. The van der Waals surface area contributed by atoms with Crippen LogP contribution < -0.4 is 10.2 Å². The van der Waals surface area contributed by atoms with Gasteiger partial charge in [0.05, 0.1) is 0 Å². The van der Waals surface area contributed by atoms with Gasteiger partial charge in [0.25, 0.3) is 5.91 Å². The Morgan fingerprint density at radius 1 is 1.25 bits per heavy atom. The van der Waals surface area contributed by atoms with Crippen LogP contribution in [0.3, 0.4) is 0 Å². The largest absolute Gasteiger partial charge is 0.340 e. The summed E-state index contributed by atoms with van der Waals surface area (Å²) in [6, 6.07) is 3.38. The molecule has 1 aliphatic carbocycles. The molecule has 0 spiro atoms. The van der Waals surface area contributed by atoms with Crippen LogP contribution in [0.15, 0.2) is 18.2 Å². The van der Waals surface area contributed by atoms with Crippen LogP contribution in [-0.4, -0.2) is 23.9 Å². The number of nitrogens with one attached hydrogen (secondary N) is 1. The number of benzene rings is 1. The second kappa shape index (κ2) is 4.26. The maximum absolute atomic E-state index is 13.8. The monoisotopic (exact) mass is 280 g/mol. The molecule has 3 rings (SSSR count). The Morgan fingerprint density at radius 2 is 1.85 bits per heavy atom. The summed E-state index contributed by atoms with van der Waals surface area (Å²) in [6.07, 6.45) is 1.66. The maximum Gasteiger partial charge on any atom is 0.253 e. The van der Waals surface area contributed by atoms with Crippen molar-refractivity contribution in [2.75, 3.05) is 11.4 Å². The summed E-state index contributed by atoms with van der Waals surface area (Å²) >= 11 is 0. The van der Waals surface area contributed by atoms with Crippen LogP contribution in [-0.2, 0) is 9.59 Å². The predicted molar refractivity (Wildman–Crippen MR) is 68.0 cm³/mol. The Labute approximate surface area is 114 Å². The first-order chi connectivity index (χ1) is 9.43. The highest BCUT2D eigenvalue weighted by Gasteiger charge is 2.53. The van der Waals surface area contributed by atoms with Crippen molar-refractivity contribution in [3.8, 4) is 0 Å². The zero-order valence-electron chi connectivity index (χ0n) is 11.0. The molecule has 1 saturated heterocycles. The first-order valence-corrected chi connectivity index (χ1v) is 6.50. The third-order valence-corrected chi connectivity index (χ3v) is 3.99. The van der Waals surface area contributed by atoms with E-state index in [1.165, 1.54) is 6.07 Å². The topological polar surface area (TPSA) is 49.4 Å². The van der Waals surface area contributed by atoms with E-state index in [2.05, 4.69) is 5.32 Å². The lowest BCUT2D eigenvalue weighted by Gasteiger charge is -2.40. The molecule has 4 nitrogen and oxygen atoms in total. The van der Waals surface area contributed by atoms with Gasteiger partial charge in [-0.05, 0) is 37.8 Å². The normalized spacial score (nSPS) is 26.6. The molecule has 2 aliphatic rings. The highest BCUT2D eigenvalue weighted by Crippen LogP contribution is 2.42. The molecule has 106 valence electrons. The van der Waals surface area contributed by atoms with Gasteiger partial charge in [0.1, 0.15) is 29.4 Å². The van der Waals surface area contributed by atoms with E-state index in [1.54, 1.807) is 6.92 Å². The Morgan fingerprint density at radius 3 is 2.40 bits per heavy atom. The second-order valence-corrected chi connectivity index (χ2v) is 5.49. The summed E-state index contributed by atoms with van der Waals surface area (Å²) in [5.41, 5.74) is -1.51. The molecule has 2 fully saturated rings. The first kappa shape index (κ1) is 13.0. The fourth-order valence-electron chi connectivity index (χ4n) is 2.74. The summed E-state index contributed by atoms with van der Waals surface area (Å²) in [4.78, 5) is 25.3. The van der Waals surface area contributed by atoms with Crippen LogP contribution in [0.25, 0.3) is 0 Å². The van der Waals surface area contributed by atoms with E-state index in [9.17, 15) is 18.4 Å². The van der Waals surface area contributed by atoms with Gasteiger partial charge in [-0.1, -0.05) is 6.07 Å². The molecule has 2 amide bonds. The Kier molecular flexibility index (Phi) is 2.77. The fourth-order valence-corrected chi connectivity index (χ4v) is 2.74. The minimum absolute atomic E-state index is 0.0385. The van der Waals surface area contributed by atoms with Crippen molar-refractivity contribution in [1.82, 2.24) is 5.32 Å². The zero-order valence-corrected chi connectivity index (χ0v) is 11.0. The number of hydrogen-bond donors (Lipinski definition) is 1. The number of amides is 2. The molecule has 1 atom stereocenters. The number of carbonyl (C=O) groups excluding carboxylic acids is 2. The lowest BCUT2D eigenvalue weighted by molar-refractivity contribution is -0.136. The van der Waals surface area contributed by atoms with E-state index >= 15 is 0 Å². The van der Waals surface area contributed by atoms with Gasteiger partial charge < -0.3 is 5.32 Å². The van der Waals surface area contributed by atoms with Crippen LogP contribution in [0.1, 0.15) is 19.8 Å². The molecule has 0 bridgehead atoms. The maximum atomic E-state index is 13.8. The Balaban J connectivity index is 2.04. The molecule has 0 radical (unpaired) electrons. The molecule has 1 aromatic carbocycles. The van der Waals surface area contributed by atoms with Gasteiger partial charge in [-0.2, -0.15) is 0 Å². The van der Waals surface area contributed by atoms with Crippen molar-refractivity contribution >= 4 is 17.5 Å². The minimum Gasteiger partial charge on any atom is -0.340 e. The fraction of sp³-hybridized carbons (Fsp3) is 0.429. The second-order valence-electron chi connectivity index (χ2n) is 5.49. The van der Waals surface area contributed by atoms with Crippen molar-refractivity contribution < 1.29 is 18.4 Å². The Bertz CT molecular complexity index is 581. The van der Waals surface area contributed by atoms with Crippen LogP contribution in [0, 0.1) is 17.6 Å². The quantitative estimate of drug-likeness (QED) is 0.894. The van der Waals surface area contributed by atoms with Crippen molar-refractivity contribution in [2.24, 2.45) is 5.92 Å². The molecular formula is C14H14F2N2O2. The number of carbonyl (C=O) groups is 2. The molecule has 20 heavy (non-hydrogen) atoms. The highest BCUT2D eigenvalue weighted by atomic mass is 19.1. The zero-order chi connectivity index (χ0) is 14.5. The van der Waals surface area contributed by atoms with Crippen molar-refractivity contribution in [3.05, 3.63) is 29.8 Å². The van der Waals surface area contributed by atoms with Crippen LogP contribution in [0.4, 0.5) is 14.5 Å². The molecule has 1 heterocycles. The minimum atomic E-state index is -1.07. The van der Waals surface area contributed by atoms with Gasteiger partial charge in [0, 0.05) is 0 Å². The van der Waals surface area contributed by atoms with E-state index in [-0.39, 0.29) is 12.5 Å². The number of piperazine rings is 1. The van der Waals surface area contributed by atoms with Crippen LogP contribution in [0.2, 0.25) is 0 Å². The Hall–Kier alpha value is -1.98. The van der Waals surface area contributed by atoms with Gasteiger partial charge >= 0.3 is 0 Å². The van der Waals surface area contributed by atoms with Crippen molar-refractivity contribution in [1.29, 1.82) is 0 Å².